The van der Waals surface area contributed by atoms with E-state index in [1.54, 1.807) is 12.1 Å². The van der Waals surface area contributed by atoms with Gasteiger partial charge in [-0.1, -0.05) is 12.1 Å². The molecule has 0 saturated heterocycles. The van der Waals surface area contributed by atoms with Crippen LogP contribution in [0.1, 0.15) is 41.6 Å². The Bertz CT molecular complexity index is 654. The van der Waals surface area contributed by atoms with Crippen molar-refractivity contribution < 1.29 is 9.18 Å². The molecular weight excluding hydrogens is 255 g/mol. The average Bonchev–Trinajstić information content (AvgIpc) is 2.62. The van der Waals surface area contributed by atoms with E-state index >= 15 is 0 Å². The van der Waals surface area contributed by atoms with Crippen LogP contribution in [0, 0.1) is 19.7 Å². The first-order valence-electron chi connectivity index (χ1n) is 6.61. The summed E-state index contributed by atoms with van der Waals surface area (Å²) in [5, 5.41) is 0. The normalized spacial score (nSPS) is 11.1. The minimum Gasteiger partial charge on any atom is -0.366 e. The molecule has 0 aliphatic rings. The molecule has 0 atom stereocenters. The summed E-state index contributed by atoms with van der Waals surface area (Å²) in [6.07, 6.45) is 0. The molecule has 0 bridgehead atoms. The third kappa shape index (κ3) is 2.22. The van der Waals surface area contributed by atoms with E-state index in [9.17, 15) is 9.18 Å². The minimum atomic E-state index is -0.454. The van der Waals surface area contributed by atoms with Crippen molar-refractivity contribution in [3.05, 3.63) is 47.0 Å². The van der Waals surface area contributed by atoms with E-state index < -0.39 is 5.91 Å². The van der Waals surface area contributed by atoms with E-state index in [0.717, 1.165) is 22.5 Å². The van der Waals surface area contributed by atoms with Gasteiger partial charge in [0.15, 0.2) is 0 Å². The molecule has 1 aromatic carbocycles. The molecule has 1 heterocycles. The maximum atomic E-state index is 13.1. The molecule has 1 aromatic heterocycles. The number of carbonyl (C=O) groups excluding carboxylic acids is 1. The third-order valence-corrected chi connectivity index (χ3v) is 3.59. The van der Waals surface area contributed by atoms with Gasteiger partial charge in [-0.05, 0) is 45.4 Å². The molecule has 0 fully saturated rings. The average molecular weight is 274 g/mol. The minimum absolute atomic E-state index is 0.224. The van der Waals surface area contributed by atoms with Crippen LogP contribution in [0.2, 0.25) is 0 Å². The van der Waals surface area contributed by atoms with Crippen molar-refractivity contribution >= 4 is 5.91 Å². The summed E-state index contributed by atoms with van der Waals surface area (Å²) >= 11 is 0. The predicted octanol–water partition coefficient (Wildman–Crippen LogP) is 3.59. The second kappa shape index (κ2) is 5.12. The van der Waals surface area contributed by atoms with Gasteiger partial charge in [-0.2, -0.15) is 0 Å². The van der Waals surface area contributed by atoms with E-state index in [-0.39, 0.29) is 11.9 Å². The number of primary amides is 1. The number of rotatable bonds is 3. The van der Waals surface area contributed by atoms with E-state index in [1.807, 2.05) is 13.8 Å². The highest BCUT2D eigenvalue weighted by atomic mass is 19.1. The van der Waals surface area contributed by atoms with Gasteiger partial charge in [0, 0.05) is 23.0 Å². The van der Waals surface area contributed by atoms with Crippen LogP contribution >= 0.6 is 0 Å². The topological polar surface area (TPSA) is 48.0 Å². The van der Waals surface area contributed by atoms with Crippen LogP contribution in [-0.2, 0) is 0 Å². The number of halogens is 1. The zero-order chi connectivity index (χ0) is 15.0. The first kappa shape index (κ1) is 14.3. The van der Waals surface area contributed by atoms with Crippen LogP contribution < -0.4 is 5.73 Å². The molecule has 106 valence electrons. The Morgan fingerprint density at radius 3 is 2.15 bits per heavy atom. The lowest BCUT2D eigenvalue weighted by atomic mass is 10.00. The molecule has 2 N–H and O–H groups in total. The number of nitrogens with zero attached hydrogens (tertiary/aromatic N) is 1. The quantitative estimate of drug-likeness (QED) is 0.913. The number of carbonyl (C=O) groups is 1. The number of benzene rings is 1. The van der Waals surface area contributed by atoms with Crippen LogP contribution in [0.5, 0.6) is 0 Å². The number of amides is 1. The highest BCUT2D eigenvalue weighted by molar-refractivity contribution is 6.02. The van der Waals surface area contributed by atoms with Gasteiger partial charge in [-0.3, -0.25) is 4.79 Å². The highest BCUT2D eigenvalue weighted by Gasteiger charge is 2.23. The molecule has 2 rings (SSSR count). The Hall–Kier alpha value is -2.10. The summed E-state index contributed by atoms with van der Waals surface area (Å²) in [7, 11) is 0. The Balaban J connectivity index is 2.77. The van der Waals surface area contributed by atoms with Crippen molar-refractivity contribution in [2.45, 2.75) is 33.7 Å². The van der Waals surface area contributed by atoms with E-state index in [4.69, 9.17) is 5.73 Å². The largest absolute Gasteiger partial charge is 0.366 e. The molecule has 4 heteroatoms. The summed E-state index contributed by atoms with van der Waals surface area (Å²) in [5.41, 5.74) is 9.48. The van der Waals surface area contributed by atoms with Gasteiger partial charge in [0.25, 0.3) is 5.91 Å². The number of nitrogens with two attached hydrogens (primary N) is 1. The summed E-state index contributed by atoms with van der Waals surface area (Å²) in [6.45, 7) is 7.96. The fraction of sp³-hybridized carbons (Fsp3) is 0.312. The summed E-state index contributed by atoms with van der Waals surface area (Å²) < 4.78 is 15.2. The standard InChI is InChI=1S/C16H19FN2O/c1-9(2)19-10(3)14(15(11(19)4)16(18)20)12-5-7-13(17)8-6-12/h5-9H,1-4H3,(H2,18,20). The predicted molar refractivity (Wildman–Crippen MR) is 78.2 cm³/mol. The molecule has 0 aliphatic carbocycles. The molecule has 20 heavy (non-hydrogen) atoms. The first-order valence-corrected chi connectivity index (χ1v) is 6.61. The number of hydrogen-bond acceptors (Lipinski definition) is 1. The van der Waals surface area contributed by atoms with Crippen molar-refractivity contribution in [1.82, 2.24) is 4.57 Å². The monoisotopic (exact) mass is 274 g/mol. The molecule has 3 nitrogen and oxygen atoms in total. The van der Waals surface area contributed by atoms with Gasteiger partial charge in [0.1, 0.15) is 5.82 Å². The van der Waals surface area contributed by atoms with Gasteiger partial charge < -0.3 is 10.3 Å². The van der Waals surface area contributed by atoms with Crippen LogP contribution in [0.3, 0.4) is 0 Å². The van der Waals surface area contributed by atoms with E-state index in [0.29, 0.717) is 5.56 Å². The fourth-order valence-corrected chi connectivity index (χ4v) is 2.90. The third-order valence-electron chi connectivity index (χ3n) is 3.59. The van der Waals surface area contributed by atoms with Gasteiger partial charge in [0.2, 0.25) is 0 Å². The lowest BCUT2D eigenvalue weighted by Crippen LogP contribution is -2.14. The Kier molecular flexibility index (Phi) is 3.66. The zero-order valence-corrected chi connectivity index (χ0v) is 12.2. The number of hydrogen-bond donors (Lipinski definition) is 1. The fourth-order valence-electron chi connectivity index (χ4n) is 2.90. The summed E-state index contributed by atoms with van der Waals surface area (Å²) in [5.74, 6) is -0.753. The van der Waals surface area contributed by atoms with Crippen LogP contribution in [0.25, 0.3) is 11.1 Å². The second-order valence-electron chi connectivity index (χ2n) is 5.26. The molecular formula is C16H19FN2O. The lowest BCUT2D eigenvalue weighted by molar-refractivity contribution is 0.1000. The summed E-state index contributed by atoms with van der Waals surface area (Å²) in [6, 6.07) is 6.35. The Morgan fingerprint density at radius 2 is 1.70 bits per heavy atom. The van der Waals surface area contributed by atoms with E-state index in [1.165, 1.54) is 12.1 Å². The van der Waals surface area contributed by atoms with Crippen molar-refractivity contribution in [2.24, 2.45) is 5.73 Å². The van der Waals surface area contributed by atoms with Crippen LogP contribution in [0.4, 0.5) is 4.39 Å². The van der Waals surface area contributed by atoms with Gasteiger partial charge >= 0.3 is 0 Å². The first-order chi connectivity index (χ1) is 9.34. The van der Waals surface area contributed by atoms with Gasteiger partial charge in [-0.25, -0.2) is 4.39 Å². The molecule has 0 spiro atoms. The zero-order valence-electron chi connectivity index (χ0n) is 12.2. The number of aromatic nitrogens is 1. The molecule has 1 amide bonds. The maximum Gasteiger partial charge on any atom is 0.251 e. The van der Waals surface area contributed by atoms with Gasteiger partial charge in [0.05, 0.1) is 5.56 Å². The molecule has 2 aromatic rings. The van der Waals surface area contributed by atoms with E-state index in [2.05, 4.69) is 18.4 Å². The SMILES string of the molecule is Cc1c(C(N)=O)c(-c2ccc(F)cc2)c(C)n1C(C)C. The molecule has 0 saturated carbocycles. The molecule has 0 radical (unpaired) electrons. The van der Waals surface area contributed by atoms with Crippen molar-refractivity contribution in [1.29, 1.82) is 0 Å². The smallest absolute Gasteiger partial charge is 0.251 e. The van der Waals surface area contributed by atoms with Crippen LogP contribution in [-0.4, -0.2) is 10.5 Å². The highest BCUT2D eigenvalue weighted by Crippen LogP contribution is 2.34. The van der Waals surface area contributed by atoms with Crippen molar-refractivity contribution in [3.8, 4) is 11.1 Å². The second-order valence-corrected chi connectivity index (χ2v) is 5.26. The van der Waals surface area contributed by atoms with Gasteiger partial charge in [-0.15, -0.1) is 0 Å². The van der Waals surface area contributed by atoms with Crippen molar-refractivity contribution in [3.63, 3.8) is 0 Å². The molecule has 0 aliphatic heterocycles. The lowest BCUT2D eigenvalue weighted by Gasteiger charge is -2.13. The summed E-state index contributed by atoms with van der Waals surface area (Å²) in [4.78, 5) is 11.8. The Morgan fingerprint density at radius 1 is 1.15 bits per heavy atom. The van der Waals surface area contributed by atoms with Crippen LogP contribution in [0.15, 0.2) is 24.3 Å². The molecule has 0 unspecified atom stereocenters. The Labute approximate surface area is 118 Å². The maximum absolute atomic E-state index is 13.1. The van der Waals surface area contributed by atoms with Crippen molar-refractivity contribution in [2.75, 3.05) is 0 Å².